The van der Waals surface area contributed by atoms with Gasteiger partial charge in [0.25, 0.3) is 5.91 Å². The van der Waals surface area contributed by atoms with Crippen molar-refractivity contribution in [2.45, 2.75) is 38.1 Å². The number of methoxy groups -OCH3 is 1. The smallest absolute Gasteiger partial charge is 0.325 e. The van der Waals surface area contributed by atoms with Gasteiger partial charge in [0, 0.05) is 13.7 Å². The molecule has 0 aromatic heterocycles. The van der Waals surface area contributed by atoms with Crippen LogP contribution in [0.1, 0.15) is 32.6 Å². The molecule has 6 heteroatoms. The molecule has 1 heterocycles. The van der Waals surface area contributed by atoms with Crippen LogP contribution in [-0.2, 0) is 14.3 Å². The second kappa shape index (κ2) is 6.54. The maximum atomic E-state index is 12.2. The number of carbonyl (C=O) groups is 2. The Morgan fingerprint density at radius 3 is 2.60 bits per heavy atom. The van der Waals surface area contributed by atoms with Gasteiger partial charge < -0.3 is 14.4 Å². The van der Waals surface area contributed by atoms with E-state index in [9.17, 15) is 9.59 Å². The second-order valence-electron chi connectivity index (χ2n) is 5.73. The van der Waals surface area contributed by atoms with Gasteiger partial charge in [-0.1, -0.05) is 6.92 Å². The fourth-order valence-electron chi connectivity index (χ4n) is 3.05. The van der Waals surface area contributed by atoms with Crippen LogP contribution >= 0.6 is 0 Å². The van der Waals surface area contributed by atoms with Crippen molar-refractivity contribution in [3.8, 4) is 0 Å². The molecule has 3 amide bonds. The Balaban J connectivity index is 1.94. The van der Waals surface area contributed by atoms with Crippen LogP contribution in [0.25, 0.3) is 0 Å². The van der Waals surface area contributed by atoms with Crippen molar-refractivity contribution in [1.82, 2.24) is 10.2 Å². The first-order valence-electron chi connectivity index (χ1n) is 7.30. The first-order chi connectivity index (χ1) is 9.60. The fourth-order valence-corrected chi connectivity index (χ4v) is 3.05. The zero-order chi connectivity index (χ0) is 14.6. The topological polar surface area (TPSA) is 67.9 Å². The molecule has 1 saturated heterocycles. The van der Waals surface area contributed by atoms with E-state index in [2.05, 4.69) is 12.2 Å². The third kappa shape index (κ3) is 2.96. The van der Waals surface area contributed by atoms with Crippen LogP contribution in [0.3, 0.4) is 0 Å². The molecule has 0 aromatic rings. The number of nitrogens with zero attached hydrogens (tertiary/aromatic N) is 1. The quantitative estimate of drug-likeness (QED) is 0.587. The van der Waals surface area contributed by atoms with E-state index in [0.717, 1.165) is 25.7 Å². The number of rotatable bonds is 6. The maximum absolute atomic E-state index is 12.2. The van der Waals surface area contributed by atoms with Crippen molar-refractivity contribution in [3.63, 3.8) is 0 Å². The molecule has 2 aliphatic rings. The number of hydrogen-bond acceptors (Lipinski definition) is 4. The lowest BCUT2D eigenvalue weighted by molar-refractivity contribution is -0.129. The van der Waals surface area contributed by atoms with Gasteiger partial charge in [0.2, 0.25) is 0 Å². The van der Waals surface area contributed by atoms with E-state index in [1.807, 2.05) is 0 Å². The maximum Gasteiger partial charge on any atom is 0.325 e. The summed E-state index contributed by atoms with van der Waals surface area (Å²) in [7, 11) is 1.62. The molecule has 0 unspecified atom stereocenters. The lowest BCUT2D eigenvalue weighted by Gasteiger charge is -2.40. The highest BCUT2D eigenvalue weighted by Gasteiger charge is 2.53. The molecule has 2 fully saturated rings. The standard InChI is InChI=1S/C14H24N2O4/c1-11-3-5-14(6-4-11)12(17)15-13(18)16(14)7-8-20-10-9-19-2/h11H,3-10H2,1-2H3,(H,15,17,18). The molecule has 0 bridgehead atoms. The predicted octanol–water partition coefficient (Wildman–Crippen LogP) is 1.15. The molecule has 1 N–H and O–H groups in total. The Hall–Kier alpha value is -1.14. The van der Waals surface area contributed by atoms with Gasteiger partial charge in [-0.2, -0.15) is 0 Å². The van der Waals surface area contributed by atoms with Crippen LogP contribution in [0.15, 0.2) is 0 Å². The molecule has 114 valence electrons. The van der Waals surface area contributed by atoms with Crippen molar-refractivity contribution in [2.75, 3.05) is 33.5 Å². The molecule has 0 aromatic carbocycles. The molecule has 2 rings (SSSR count). The third-order valence-corrected chi connectivity index (χ3v) is 4.40. The van der Waals surface area contributed by atoms with Gasteiger partial charge in [0.15, 0.2) is 0 Å². The molecular weight excluding hydrogens is 260 g/mol. The van der Waals surface area contributed by atoms with Crippen LogP contribution in [0, 0.1) is 5.92 Å². The number of nitrogens with one attached hydrogen (secondary N) is 1. The fraction of sp³-hybridized carbons (Fsp3) is 0.857. The monoisotopic (exact) mass is 284 g/mol. The molecule has 1 saturated carbocycles. The van der Waals surface area contributed by atoms with Gasteiger partial charge in [-0.25, -0.2) is 4.79 Å². The average molecular weight is 284 g/mol. The number of ether oxygens (including phenoxy) is 2. The second-order valence-corrected chi connectivity index (χ2v) is 5.73. The predicted molar refractivity (Wildman–Crippen MR) is 73.3 cm³/mol. The Labute approximate surface area is 119 Å². The van der Waals surface area contributed by atoms with Crippen molar-refractivity contribution in [1.29, 1.82) is 0 Å². The first kappa shape index (κ1) is 15.3. The first-order valence-corrected chi connectivity index (χ1v) is 7.30. The lowest BCUT2D eigenvalue weighted by Crippen LogP contribution is -2.52. The van der Waals surface area contributed by atoms with Crippen molar-refractivity contribution < 1.29 is 19.1 Å². The summed E-state index contributed by atoms with van der Waals surface area (Å²) in [5.41, 5.74) is -0.631. The molecule has 0 atom stereocenters. The minimum absolute atomic E-state index is 0.133. The van der Waals surface area contributed by atoms with E-state index >= 15 is 0 Å². The lowest BCUT2D eigenvalue weighted by atomic mass is 9.76. The highest BCUT2D eigenvalue weighted by Crippen LogP contribution is 2.39. The average Bonchev–Trinajstić information content (AvgIpc) is 2.65. The van der Waals surface area contributed by atoms with Crippen molar-refractivity contribution in [3.05, 3.63) is 0 Å². The summed E-state index contributed by atoms with van der Waals surface area (Å²) in [5, 5.41) is 2.46. The van der Waals surface area contributed by atoms with Gasteiger partial charge in [0.05, 0.1) is 19.8 Å². The van der Waals surface area contributed by atoms with E-state index in [1.54, 1.807) is 12.0 Å². The summed E-state index contributed by atoms with van der Waals surface area (Å²) in [5.74, 6) is 0.496. The summed E-state index contributed by atoms with van der Waals surface area (Å²) in [4.78, 5) is 25.8. The summed E-state index contributed by atoms with van der Waals surface area (Å²) < 4.78 is 10.3. The van der Waals surface area contributed by atoms with Crippen molar-refractivity contribution >= 4 is 11.9 Å². The minimum Gasteiger partial charge on any atom is -0.382 e. The Bertz CT molecular complexity index is 364. The number of hydrogen-bond donors (Lipinski definition) is 1. The Kier molecular flexibility index (Phi) is 4.99. The van der Waals surface area contributed by atoms with Gasteiger partial charge >= 0.3 is 6.03 Å². The highest BCUT2D eigenvalue weighted by molar-refractivity contribution is 6.07. The summed E-state index contributed by atoms with van der Waals surface area (Å²) >= 11 is 0. The van der Waals surface area contributed by atoms with Gasteiger partial charge in [-0.3, -0.25) is 10.1 Å². The van der Waals surface area contributed by atoms with E-state index in [4.69, 9.17) is 9.47 Å². The number of imide groups is 1. The van der Waals surface area contributed by atoms with Crippen LogP contribution < -0.4 is 5.32 Å². The Morgan fingerprint density at radius 1 is 1.25 bits per heavy atom. The summed E-state index contributed by atoms with van der Waals surface area (Å²) in [6.07, 6.45) is 3.48. The third-order valence-electron chi connectivity index (χ3n) is 4.40. The van der Waals surface area contributed by atoms with E-state index in [0.29, 0.717) is 32.3 Å². The summed E-state index contributed by atoms with van der Waals surface area (Å²) in [6, 6.07) is -0.278. The zero-order valence-electron chi connectivity index (χ0n) is 12.3. The van der Waals surface area contributed by atoms with Crippen LogP contribution in [0.2, 0.25) is 0 Å². The largest absolute Gasteiger partial charge is 0.382 e. The molecule has 0 radical (unpaired) electrons. The SMILES string of the molecule is COCCOCCN1C(=O)NC(=O)C12CCC(C)CC2. The van der Waals surface area contributed by atoms with Gasteiger partial charge in [-0.05, 0) is 31.6 Å². The van der Waals surface area contributed by atoms with Crippen LogP contribution in [0.4, 0.5) is 4.79 Å². The number of carbonyl (C=O) groups excluding carboxylic acids is 2. The van der Waals surface area contributed by atoms with Gasteiger partial charge in [0.1, 0.15) is 5.54 Å². The minimum atomic E-state index is -0.631. The van der Waals surface area contributed by atoms with Crippen molar-refractivity contribution in [2.24, 2.45) is 5.92 Å². The van der Waals surface area contributed by atoms with E-state index in [-0.39, 0.29) is 11.9 Å². The highest BCUT2D eigenvalue weighted by atomic mass is 16.5. The summed E-state index contributed by atoms with van der Waals surface area (Å²) in [6.45, 7) is 4.12. The van der Waals surface area contributed by atoms with E-state index < -0.39 is 5.54 Å². The molecule has 20 heavy (non-hydrogen) atoms. The molecular formula is C14H24N2O4. The molecule has 1 aliphatic heterocycles. The van der Waals surface area contributed by atoms with E-state index in [1.165, 1.54) is 0 Å². The van der Waals surface area contributed by atoms with Gasteiger partial charge in [-0.15, -0.1) is 0 Å². The molecule has 1 spiro atoms. The molecule has 6 nitrogen and oxygen atoms in total. The molecule has 1 aliphatic carbocycles. The van der Waals surface area contributed by atoms with Crippen LogP contribution in [0.5, 0.6) is 0 Å². The normalized spacial score (nSPS) is 30.1. The Morgan fingerprint density at radius 2 is 1.95 bits per heavy atom. The van der Waals surface area contributed by atoms with Crippen LogP contribution in [-0.4, -0.2) is 55.9 Å². The zero-order valence-corrected chi connectivity index (χ0v) is 12.3. The number of amides is 3. The number of urea groups is 1.